The maximum atomic E-state index is 11.2. The van der Waals surface area contributed by atoms with E-state index in [0.717, 1.165) is 5.52 Å². The lowest BCUT2D eigenvalue weighted by molar-refractivity contribution is 0.0699. The summed E-state index contributed by atoms with van der Waals surface area (Å²) in [7, 11) is 0. The summed E-state index contributed by atoms with van der Waals surface area (Å²) >= 11 is 0. The van der Waals surface area contributed by atoms with Crippen molar-refractivity contribution < 1.29 is 14.4 Å². The molecule has 108 valence electrons. The van der Waals surface area contributed by atoms with E-state index in [0.29, 0.717) is 29.2 Å². The monoisotopic (exact) mass is 285 g/mol. The Kier molecular flexibility index (Phi) is 3.21. The van der Waals surface area contributed by atoms with Crippen molar-refractivity contribution in [2.24, 2.45) is 0 Å². The van der Waals surface area contributed by atoms with Crippen LogP contribution < -0.4 is 0 Å². The molecule has 0 amide bonds. The van der Waals surface area contributed by atoms with Crippen LogP contribution in [0.5, 0.6) is 0 Å². The summed E-state index contributed by atoms with van der Waals surface area (Å²) in [6.45, 7) is 4.42. The Balaban J connectivity index is 1.97. The summed E-state index contributed by atoms with van der Waals surface area (Å²) in [5.74, 6) is 0.463. The summed E-state index contributed by atoms with van der Waals surface area (Å²) < 4.78 is 7.13. The molecule has 0 radical (unpaired) electrons. The van der Waals surface area contributed by atoms with Crippen molar-refractivity contribution in [1.82, 2.24) is 14.7 Å². The van der Waals surface area contributed by atoms with Gasteiger partial charge < -0.3 is 14.2 Å². The molecule has 2 aromatic heterocycles. The zero-order valence-electron chi connectivity index (χ0n) is 11.8. The highest BCUT2D eigenvalue weighted by Crippen LogP contribution is 2.21. The number of aromatic nitrogens is 3. The second-order valence-corrected chi connectivity index (χ2v) is 5.19. The fraction of sp³-hybridized carbons (Fsp3) is 0.267. The quantitative estimate of drug-likeness (QED) is 0.797. The predicted octanol–water partition coefficient (Wildman–Crippen LogP) is 2.89. The SMILES string of the molecule is CC(C)c1noc(Cn2ccc3c(C(=O)O)cccc32)n1. The molecule has 3 rings (SSSR count). The first-order chi connectivity index (χ1) is 10.1. The minimum atomic E-state index is -0.932. The molecule has 0 aliphatic heterocycles. The standard InChI is InChI=1S/C15H15N3O3/c1-9(2)14-16-13(21-17-14)8-18-7-6-10-11(15(19)20)4-3-5-12(10)18/h3-7,9H,8H2,1-2H3,(H,19,20). The van der Waals surface area contributed by atoms with Gasteiger partial charge in [0.2, 0.25) is 5.89 Å². The van der Waals surface area contributed by atoms with Gasteiger partial charge in [0.25, 0.3) is 0 Å². The van der Waals surface area contributed by atoms with Gasteiger partial charge in [-0.25, -0.2) is 4.79 Å². The molecular formula is C15H15N3O3. The van der Waals surface area contributed by atoms with E-state index in [-0.39, 0.29) is 5.92 Å². The van der Waals surface area contributed by atoms with Gasteiger partial charge in [0.05, 0.1) is 5.56 Å². The van der Waals surface area contributed by atoms with Crippen LogP contribution >= 0.6 is 0 Å². The van der Waals surface area contributed by atoms with Gasteiger partial charge in [0.1, 0.15) is 6.54 Å². The van der Waals surface area contributed by atoms with Crippen molar-refractivity contribution in [3.05, 3.63) is 47.7 Å². The van der Waals surface area contributed by atoms with Crippen molar-refractivity contribution in [2.45, 2.75) is 26.3 Å². The van der Waals surface area contributed by atoms with Gasteiger partial charge in [-0.1, -0.05) is 25.1 Å². The number of carboxylic acid groups (broad SMARTS) is 1. The summed E-state index contributed by atoms with van der Waals surface area (Å²) in [5.41, 5.74) is 1.12. The molecule has 0 bridgehead atoms. The summed E-state index contributed by atoms with van der Waals surface area (Å²) in [5, 5.41) is 13.8. The molecule has 0 unspecified atom stereocenters. The number of rotatable bonds is 4. The fourth-order valence-corrected chi connectivity index (χ4v) is 2.26. The minimum absolute atomic E-state index is 0.211. The van der Waals surface area contributed by atoms with Crippen LogP contribution in [0.3, 0.4) is 0 Å². The number of hydrogen-bond donors (Lipinski definition) is 1. The van der Waals surface area contributed by atoms with E-state index in [2.05, 4.69) is 10.1 Å². The highest BCUT2D eigenvalue weighted by Gasteiger charge is 2.14. The molecule has 0 saturated heterocycles. The van der Waals surface area contributed by atoms with Crippen molar-refractivity contribution in [1.29, 1.82) is 0 Å². The molecule has 6 nitrogen and oxygen atoms in total. The van der Waals surface area contributed by atoms with E-state index in [4.69, 9.17) is 4.52 Å². The number of fused-ring (bicyclic) bond motifs is 1. The van der Waals surface area contributed by atoms with E-state index in [9.17, 15) is 9.90 Å². The van der Waals surface area contributed by atoms with Crippen LogP contribution in [-0.4, -0.2) is 25.8 Å². The highest BCUT2D eigenvalue weighted by molar-refractivity contribution is 6.02. The molecule has 0 fully saturated rings. The lowest BCUT2D eigenvalue weighted by Gasteiger charge is -2.02. The molecule has 1 aromatic carbocycles. The molecule has 0 saturated carbocycles. The van der Waals surface area contributed by atoms with Crippen molar-refractivity contribution in [2.75, 3.05) is 0 Å². The third-order valence-corrected chi connectivity index (χ3v) is 3.35. The highest BCUT2D eigenvalue weighted by atomic mass is 16.5. The van der Waals surface area contributed by atoms with Crippen LogP contribution in [0, 0.1) is 0 Å². The van der Waals surface area contributed by atoms with E-state index in [1.165, 1.54) is 0 Å². The fourth-order valence-electron chi connectivity index (χ4n) is 2.26. The van der Waals surface area contributed by atoms with Crippen molar-refractivity contribution >= 4 is 16.9 Å². The molecule has 0 atom stereocenters. The molecule has 2 heterocycles. The topological polar surface area (TPSA) is 81.2 Å². The summed E-state index contributed by atoms with van der Waals surface area (Å²) in [4.78, 5) is 15.5. The average molecular weight is 285 g/mol. The first kappa shape index (κ1) is 13.4. The first-order valence-corrected chi connectivity index (χ1v) is 6.70. The van der Waals surface area contributed by atoms with Gasteiger partial charge in [-0.2, -0.15) is 4.98 Å². The van der Waals surface area contributed by atoms with Crippen LogP contribution in [0.25, 0.3) is 10.9 Å². The molecule has 21 heavy (non-hydrogen) atoms. The Morgan fingerprint density at radius 1 is 1.38 bits per heavy atom. The number of hydrogen-bond acceptors (Lipinski definition) is 4. The Morgan fingerprint density at radius 3 is 2.86 bits per heavy atom. The maximum absolute atomic E-state index is 11.2. The third-order valence-electron chi connectivity index (χ3n) is 3.35. The number of benzene rings is 1. The lowest BCUT2D eigenvalue weighted by atomic mass is 10.1. The van der Waals surface area contributed by atoms with Crippen LogP contribution in [0.1, 0.15) is 41.8 Å². The lowest BCUT2D eigenvalue weighted by Crippen LogP contribution is -2.00. The second-order valence-electron chi connectivity index (χ2n) is 5.19. The Bertz CT molecular complexity index is 801. The molecular weight excluding hydrogens is 270 g/mol. The number of carboxylic acids is 1. The van der Waals surface area contributed by atoms with Crippen LogP contribution in [0.2, 0.25) is 0 Å². The second kappa shape index (κ2) is 5.05. The van der Waals surface area contributed by atoms with Crippen molar-refractivity contribution in [3.8, 4) is 0 Å². The molecule has 0 aliphatic rings. The van der Waals surface area contributed by atoms with E-state index < -0.39 is 5.97 Å². The first-order valence-electron chi connectivity index (χ1n) is 6.70. The summed E-state index contributed by atoms with van der Waals surface area (Å²) in [6.07, 6.45) is 1.83. The predicted molar refractivity (Wildman–Crippen MR) is 76.4 cm³/mol. The van der Waals surface area contributed by atoms with Gasteiger partial charge in [0.15, 0.2) is 5.82 Å². The largest absolute Gasteiger partial charge is 0.478 e. The van der Waals surface area contributed by atoms with Crippen LogP contribution in [0.15, 0.2) is 35.0 Å². The van der Waals surface area contributed by atoms with Gasteiger partial charge in [-0.3, -0.25) is 0 Å². The summed E-state index contributed by atoms with van der Waals surface area (Å²) in [6, 6.07) is 6.99. The molecule has 1 N–H and O–H groups in total. The Morgan fingerprint density at radius 2 is 2.19 bits per heavy atom. The number of aromatic carboxylic acids is 1. The van der Waals surface area contributed by atoms with E-state index in [1.807, 2.05) is 30.7 Å². The van der Waals surface area contributed by atoms with Gasteiger partial charge >= 0.3 is 5.97 Å². The van der Waals surface area contributed by atoms with Gasteiger partial charge in [-0.15, -0.1) is 0 Å². The van der Waals surface area contributed by atoms with Crippen molar-refractivity contribution in [3.63, 3.8) is 0 Å². The van der Waals surface area contributed by atoms with Gasteiger partial charge in [0, 0.05) is 23.0 Å². The molecule has 3 aromatic rings. The van der Waals surface area contributed by atoms with E-state index >= 15 is 0 Å². The average Bonchev–Trinajstić information content (AvgIpc) is 3.06. The maximum Gasteiger partial charge on any atom is 0.336 e. The normalized spacial score (nSPS) is 11.4. The third kappa shape index (κ3) is 2.40. The Labute approximate surface area is 121 Å². The molecule has 0 aliphatic carbocycles. The zero-order chi connectivity index (χ0) is 15.0. The number of nitrogens with zero attached hydrogens (tertiary/aromatic N) is 3. The zero-order valence-corrected chi connectivity index (χ0v) is 11.8. The number of carbonyl (C=O) groups is 1. The van der Waals surface area contributed by atoms with Gasteiger partial charge in [-0.05, 0) is 18.2 Å². The minimum Gasteiger partial charge on any atom is -0.478 e. The van der Waals surface area contributed by atoms with E-state index in [1.54, 1.807) is 18.2 Å². The smallest absolute Gasteiger partial charge is 0.336 e. The van der Waals surface area contributed by atoms with Crippen LogP contribution in [-0.2, 0) is 6.54 Å². The van der Waals surface area contributed by atoms with Crippen LogP contribution in [0.4, 0.5) is 0 Å². The molecule has 6 heteroatoms. The molecule has 0 spiro atoms. The Hall–Kier alpha value is -2.63.